The van der Waals surface area contributed by atoms with Gasteiger partial charge in [0.1, 0.15) is 35.3 Å². The SMILES string of the molecule is O=C(Cc1cccs1)NC1C(=O)N2C(C(=O)O)=C(COC(=O)NCC3CNCCN3C(=O)Oc3ccc(Cl)cc3-c3nc4ccc(Cl)cc4c(=O)[nH]3)CSC12. The van der Waals surface area contributed by atoms with Crippen molar-refractivity contribution in [3.8, 4) is 17.1 Å². The number of hydrogen-bond acceptors (Lipinski definition) is 12. The van der Waals surface area contributed by atoms with Crippen LogP contribution < -0.4 is 26.2 Å². The number of amides is 4. The molecule has 0 spiro atoms. The lowest BCUT2D eigenvalue weighted by atomic mass is 10.0. The quantitative estimate of drug-likeness (QED) is 0.146. The number of aromatic amines is 1. The van der Waals surface area contributed by atoms with E-state index in [2.05, 4.69) is 25.9 Å². The van der Waals surface area contributed by atoms with Crippen molar-refractivity contribution in [2.45, 2.75) is 23.9 Å². The number of benzene rings is 2. The summed E-state index contributed by atoms with van der Waals surface area (Å²) in [5, 5.41) is 20.7. The third-order valence-electron chi connectivity index (χ3n) is 8.99. The van der Waals surface area contributed by atoms with Crippen molar-refractivity contribution in [3.63, 3.8) is 0 Å². The van der Waals surface area contributed by atoms with Crippen LogP contribution in [0.5, 0.6) is 5.75 Å². The number of carboxylic acid groups (broad SMARTS) is 1. The first kappa shape index (κ1) is 38.1. The van der Waals surface area contributed by atoms with Crippen LogP contribution in [0, 0.1) is 0 Å². The van der Waals surface area contributed by atoms with E-state index in [-0.39, 0.29) is 65.0 Å². The highest BCUT2D eigenvalue weighted by molar-refractivity contribution is 8.00. The van der Waals surface area contributed by atoms with Crippen LogP contribution >= 0.6 is 46.3 Å². The Hall–Kier alpha value is -5.14. The number of nitrogens with one attached hydrogen (secondary N) is 4. The minimum absolute atomic E-state index is 0.0460. The summed E-state index contributed by atoms with van der Waals surface area (Å²) in [7, 11) is 0. The molecule has 20 heteroatoms. The van der Waals surface area contributed by atoms with Crippen molar-refractivity contribution in [2.75, 3.05) is 38.5 Å². The van der Waals surface area contributed by atoms with Gasteiger partial charge in [0.2, 0.25) is 5.91 Å². The van der Waals surface area contributed by atoms with Gasteiger partial charge >= 0.3 is 18.2 Å². The second-order valence-corrected chi connectivity index (χ2v) is 15.6. The molecule has 5 heterocycles. The number of rotatable bonds is 10. The zero-order valence-electron chi connectivity index (χ0n) is 28.5. The van der Waals surface area contributed by atoms with Crippen LogP contribution in [0.15, 0.2) is 70.0 Å². The largest absolute Gasteiger partial charge is 0.477 e. The Bertz CT molecular complexity index is 2290. The average Bonchev–Trinajstić information content (AvgIpc) is 3.68. The number of ether oxygens (including phenoxy) is 2. The molecule has 7 rings (SSSR count). The fraction of sp³-hybridized carbons (Fsp3) is 0.286. The van der Waals surface area contributed by atoms with Gasteiger partial charge in [-0.3, -0.25) is 19.3 Å². The summed E-state index contributed by atoms with van der Waals surface area (Å²) in [5.41, 5.74) is 0.117. The van der Waals surface area contributed by atoms with E-state index < -0.39 is 53.7 Å². The van der Waals surface area contributed by atoms with E-state index in [1.807, 2.05) is 17.5 Å². The molecule has 4 amide bonds. The van der Waals surface area contributed by atoms with Gasteiger partial charge in [0.15, 0.2) is 0 Å². The minimum atomic E-state index is -1.36. The molecule has 16 nitrogen and oxygen atoms in total. The number of aromatic nitrogens is 2. The number of carboxylic acids is 1. The van der Waals surface area contributed by atoms with E-state index in [0.29, 0.717) is 28.7 Å². The molecular weight excluding hydrogens is 797 g/mol. The van der Waals surface area contributed by atoms with Gasteiger partial charge < -0.3 is 40.4 Å². The number of β-lactam (4-membered cyclic amide) rings is 1. The third kappa shape index (κ3) is 8.28. The molecule has 2 fully saturated rings. The summed E-state index contributed by atoms with van der Waals surface area (Å²) in [4.78, 5) is 87.6. The number of fused-ring (bicyclic) bond motifs is 2. The predicted molar refractivity (Wildman–Crippen MR) is 204 cm³/mol. The molecule has 0 saturated carbocycles. The molecule has 2 aromatic heterocycles. The Kier molecular flexibility index (Phi) is 11.3. The molecule has 0 bridgehead atoms. The highest BCUT2D eigenvalue weighted by atomic mass is 35.5. The molecule has 286 valence electrons. The fourth-order valence-electron chi connectivity index (χ4n) is 6.35. The summed E-state index contributed by atoms with van der Waals surface area (Å²) in [6.07, 6.45) is -1.49. The smallest absolute Gasteiger partial charge is 0.415 e. The molecule has 3 atom stereocenters. The Morgan fingerprint density at radius 1 is 1.07 bits per heavy atom. The van der Waals surface area contributed by atoms with Crippen LogP contribution in [0.3, 0.4) is 0 Å². The molecule has 5 N–H and O–H groups in total. The molecule has 3 unspecified atom stereocenters. The lowest BCUT2D eigenvalue weighted by Crippen LogP contribution is -2.70. The monoisotopic (exact) mass is 827 g/mol. The summed E-state index contributed by atoms with van der Waals surface area (Å²) in [5.74, 6) is -1.92. The second kappa shape index (κ2) is 16.3. The summed E-state index contributed by atoms with van der Waals surface area (Å²) in [6, 6.07) is 11.4. The number of halogens is 2. The summed E-state index contributed by atoms with van der Waals surface area (Å²) in [6.45, 7) is 0.541. The number of thioether (sulfide) groups is 1. The standard InChI is InChI=1S/C35H31Cl2N7O9S2/c36-18-3-5-24-22(10-18)30(46)42-29(40-24)23-11-19(37)4-6-25(23)53-35(51)43-8-7-38-13-20(43)14-39-34(50)52-15-17-16-55-32-27(31(47)44(32)28(17)33(48)49)41-26(45)12-21-2-1-9-54-21/h1-6,9-11,20,27,32,38H,7-8,12-16H2,(H,39,50)(H,41,45)(H,48,49)(H,40,42,46). The maximum Gasteiger partial charge on any atom is 0.415 e. The molecule has 0 radical (unpaired) electrons. The van der Waals surface area contributed by atoms with Crippen LogP contribution in [0.25, 0.3) is 22.3 Å². The first-order chi connectivity index (χ1) is 26.5. The van der Waals surface area contributed by atoms with E-state index in [0.717, 1.165) is 9.78 Å². The van der Waals surface area contributed by atoms with Gasteiger partial charge in [-0.1, -0.05) is 29.3 Å². The van der Waals surface area contributed by atoms with Crippen LogP contribution in [-0.2, 0) is 25.5 Å². The maximum absolute atomic E-state index is 13.6. The van der Waals surface area contributed by atoms with Gasteiger partial charge in [-0.25, -0.2) is 19.4 Å². The Morgan fingerprint density at radius 3 is 2.65 bits per heavy atom. The lowest BCUT2D eigenvalue weighted by molar-refractivity contribution is -0.150. The van der Waals surface area contributed by atoms with Crippen LogP contribution in [-0.4, -0.2) is 111 Å². The van der Waals surface area contributed by atoms with E-state index >= 15 is 0 Å². The predicted octanol–water partition coefficient (Wildman–Crippen LogP) is 3.44. The van der Waals surface area contributed by atoms with Gasteiger partial charge in [-0.05, 0) is 47.8 Å². The Morgan fingerprint density at radius 2 is 1.87 bits per heavy atom. The van der Waals surface area contributed by atoms with Gasteiger partial charge in [0, 0.05) is 52.4 Å². The summed E-state index contributed by atoms with van der Waals surface area (Å²) < 4.78 is 11.2. The topological polar surface area (TPSA) is 212 Å². The molecule has 55 heavy (non-hydrogen) atoms. The van der Waals surface area contributed by atoms with E-state index in [9.17, 15) is 33.9 Å². The molecule has 4 aromatic rings. The first-order valence-corrected chi connectivity index (χ1v) is 19.5. The molecule has 0 aliphatic carbocycles. The number of nitrogens with zero attached hydrogens (tertiary/aromatic N) is 3. The van der Waals surface area contributed by atoms with Gasteiger partial charge in [-0.2, -0.15) is 0 Å². The first-order valence-electron chi connectivity index (χ1n) is 16.8. The number of carbonyl (C=O) groups is 5. The zero-order chi connectivity index (χ0) is 38.8. The van der Waals surface area contributed by atoms with Gasteiger partial charge in [0.05, 0.1) is 28.9 Å². The molecule has 2 saturated heterocycles. The second-order valence-electron chi connectivity index (χ2n) is 12.6. The highest BCUT2D eigenvalue weighted by Crippen LogP contribution is 2.40. The number of alkyl carbamates (subject to hydrolysis) is 1. The van der Waals surface area contributed by atoms with Crippen molar-refractivity contribution >= 4 is 87.2 Å². The molecule has 3 aliphatic heterocycles. The maximum atomic E-state index is 13.6. The normalized spacial score (nSPS) is 19.4. The van der Waals surface area contributed by atoms with Gasteiger partial charge in [0.25, 0.3) is 11.5 Å². The van der Waals surface area contributed by atoms with Crippen LogP contribution in [0.2, 0.25) is 10.0 Å². The number of carbonyl (C=O) groups excluding carboxylic acids is 4. The molecule has 3 aliphatic rings. The van der Waals surface area contributed by atoms with Crippen molar-refractivity contribution in [3.05, 3.63) is 90.5 Å². The van der Waals surface area contributed by atoms with Gasteiger partial charge in [-0.15, -0.1) is 23.1 Å². The number of hydrogen-bond donors (Lipinski definition) is 5. The van der Waals surface area contributed by atoms with E-state index in [4.69, 9.17) is 32.7 Å². The van der Waals surface area contributed by atoms with E-state index in [1.54, 1.807) is 12.1 Å². The summed E-state index contributed by atoms with van der Waals surface area (Å²) >= 11 is 15.0. The zero-order valence-corrected chi connectivity index (χ0v) is 31.7. The Balaban J connectivity index is 0.964. The number of aliphatic carboxylic acids is 1. The van der Waals surface area contributed by atoms with E-state index in [1.165, 1.54) is 52.3 Å². The molecule has 2 aromatic carbocycles. The highest BCUT2D eigenvalue weighted by Gasteiger charge is 2.54. The number of thiophene rings is 1. The minimum Gasteiger partial charge on any atom is -0.477 e. The van der Waals surface area contributed by atoms with Crippen molar-refractivity contribution in [2.24, 2.45) is 0 Å². The van der Waals surface area contributed by atoms with Crippen molar-refractivity contribution in [1.82, 2.24) is 35.7 Å². The van der Waals surface area contributed by atoms with Crippen LogP contribution in [0.1, 0.15) is 4.88 Å². The lowest BCUT2D eigenvalue weighted by Gasteiger charge is -2.49. The van der Waals surface area contributed by atoms with Crippen LogP contribution in [0.4, 0.5) is 9.59 Å². The van der Waals surface area contributed by atoms with Crippen molar-refractivity contribution < 1.29 is 38.6 Å². The fourth-order valence-corrected chi connectivity index (χ4v) is 8.72. The average molecular weight is 829 g/mol. The number of piperazine rings is 1. The number of H-pyrrole nitrogens is 1. The Labute approximate surface area is 330 Å². The third-order valence-corrected chi connectivity index (χ3v) is 11.7. The van der Waals surface area contributed by atoms with Crippen molar-refractivity contribution in [1.29, 1.82) is 0 Å². The molecular formula is C35H31Cl2N7O9S2.